The number of piperidine rings is 1. The minimum Gasteiger partial charge on any atom is -0.381 e. The van der Waals surface area contributed by atoms with Crippen molar-refractivity contribution in [3.05, 3.63) is 41.2 Å². The van der Waals surface area contributed by atoms with E-state index in [1.165, 1.54) is 6.07 Å². The molecule has 2 aromatic rings. The molecule has 0 amide bonds. The van der Waals surface area contributed by atoms with Gasteiger partial charge in [-0.2, -0.15) is 0 Å². The fourth-order valence-corrected chi connectivity index (χ4v) is 4.31. The van der Waals surface area contributed by atoms with Crippen LogP contribution in [0.1, 0.15) is 37.1 Å². The first-order valence-corrected chi connectivity index (χ1v) is 10.3. The molecule has 3 heterocycles. The summed E-state index contributed by atoms with van der Waals surface area (Å²) in [7, 11) is 0. The second-order valence-electron chi connectivity index (χ2n) is 8.09. The number of hydrogen-bond acceptors (Lipinski definition) is 4. The van der Waals surface area contributed by atoms with Gasteiger partial charge in [0.2, 0.25) is 5.95 Å². The molecule has 2 fully saturated rings. The quantitative estimate of drug-likeness (QED) is 0.754. The van der Waals surface area contributed by atoms with Gasteiger partial charge in [-0.05, 0) is 56.6 Å². The van der Waals surface area contributed by atoms with Crippen molar-refractivity contribution in [3.63, 3.8) is 0 Å². The van der Waals surface area contributed by atoms with Crippen LogP contribution in [0.2, 0.25) is 0 Å². The Hall–Kier alpha value is -2.02. The Kier molecular flexibility index (Phi) is 5.90. The molecule has 7 heteroatoms. The Morgan fingerprint density at radius 1 is 1.11 bits per heavy atom. The molecule has 1 unspecified atom stereocenters. The van der Waals surface area contributed by atoms with Crippen LogP contribution in [0.5, 0.6) is 0 Å². The molecule has 1 aromatic carbocycles. The summed E-state index contributed by atoms with van der Waals surface area (Å²) in [4.78, 5) is 2.32. The molecule has 0 radical (unpaired) electrons. The van der Waals surface area contributed by atoms with E-state index in [-0.39, 0.29) is 0 Å². The highest BCUT2D eigenvalue weighted by atomic mass is 19.1. The highest BCUT2D eigenvalue weighted by molar-refractivity contribution is 5.32. The molecule has 152 valence electrons. The molecule has 0 saturated carbocycles. The highest BCUT2D eigenvalue weighted by Crippen LogP contribution is 2.27. The summed E-state index contributed by atoms with van der Waals surface area (Å²) >= 11 is 0. The normalized spacial score (nSPS) is 20.8. The first kappa shape index (κ1) is 19.3. The van der Waals surface area contributed by atoms with Gasteiger partial charge >= 0.3 is 0 Å². The highest BCUT2D eigenvalue weighted by Gasteiger charge is 2.25. The average Bonchev–Trinajstić information content (AvgIpc) is 3.33. The lowest BCUT2D eigenvalue weighted by atomic mass is 9.90. The van der Waals surface area contributed by atoms with Gasteiger partial charge in [-0.15, -0.1) is 10.2 Å². The smallest absolute Gasteiger partial charge is 0.227 e. The number of anilines is 1. The summed E-state index contributed by atoms with van der Waals surface area (Å²) in [5, 5.41) is 8.74. The maximum absolute atomic E-state index is 13.8. The second-order valence-corrected chi connectivity index (χ2v) is 8.09. The third-order valence-corrected chi connectivity index (χ3v) is 6.12. The van der Waals surface area contributed by atoms with E-state index in [1.54, 1.807) is 6.07 Å². The van der Waals surface area contributed by atoms with E-state index < -0.39 is 11.6 Å². The minimum atomic E-state index is -0.516. The minimum absolute atomic E-state index is 0.433. The van der Waals surface area contributed by atoms with Crippen LogP contribution in [-0.4, -0.2) is 41.1 Å². The van der Waals surface area contributed by atoms with Crippen LogP contribution in [0, 0.1) is 30.4 Å². The van der Waals surface area contributed by atoms with Gasteiger partial charge in [0.1, 0.15) is 17.5 Å². The zero-order valence-electron chi connectivity index (χ0n) is 16.4. The SMILES string of the molecule is Cc1nnc(N2CCC(CCc3ccc(F)cc3F)CC2)n1CC1CCOC1. The van der Waals surface area contributed by atoms with Crippen LogP contribution in [0.4, 0.5) is 14.7 Å². The van der Waals surface area contributed by atoms with E-state index in [1.807, 2.05) is 6.92 Å². The number of ether oxygens (including phenoxy) is 1. The van der Waals surface area contributed by atoms with Gasteiger partial charge in [0.25, 0.3) is 0 Å². The van der Waals surface area contributed by atoms with E-state index in [4.69, 9.17) is 4.74 Å². The zero-order chi connectivity index (χ0) is 19.5. The lowest BCUT2D eigenvalue weighted by molar-refractivity contribution is 0.182. The fraction of sp³-hybridized carbons (Fsp3) is 0.619. The third kappa shape index (κ3) is 4.35. The van der Waals surface area contributed by atoms with Crippen LogP contribution in [0.3, 0.4) is 0 Å². The van der Waals surface area contributed by atoms with Crippen molar-refractivity contribution < 1.29 is 13.5 Å². The summed E-state index contributed by atoms with van der Waals surface area (Å²) in [6, 6.07) is 3.88. The Balaban J connectivity index is 1.32. The van der Waals surface area contributed by atoms with E-state index in [2.05, 4.69) is 19.7 Å². The molecule has 2 aliphatic rings. The Morgan fingerprint density at radius 2 is 1.93 bits per heavy atom. The molecule has 4 rings (SSSR count). The van der Waals surface area contributed by atoms with E-state index in [9.17, 15) is 8.78 Å². The molecular weight excluding hydrogens is 362 g/mol. The van der Waals surface area contributed by atoms with Gasteiger partial charge in [0, 0.05) is 38.2 Å². The summed E-state index contributed by atoms with van der Waals surface area (Å²) in [6.07, 6.45) is 4.80. The summed E-state index contributed by atoms with van der Waals surface area (Å²) in [5.74, 6) is 2.07. The van der Waals surface area contributed by atoms with E-state index >= 15 is 0 Å². The topological polar surface area (TPSA) is 43.2 Å². The number of aryl methyl sites for hydroxylation is 2. The summed E-state index contributed by atoms with van der Waals surface area (Å²) in [6.45, 7) is 6.47. The van der Waals surface area contributed by atoms with Crippen molar-refractivity contribution in [2.75, 3.05) is 31.2 Å². The van der Waals surface area contributed by atoms with Crippen LogP contribution < -0.4 is 4.90 Å². The molecule has 1 atom stereocenters. The van der Waals surface area contributed by atoms with Crippen molar-refractivity contribution >= 4 is 5.95 Å². The number of aromatic nitrogens is 3. The van der Waals surface area contributed by atoms with Crippen molar-refractivity contribution in [1.29, 1.82) is 0 Å². The standard InChI is InChI=1S/C21H28F2N4O/c1-15-24-25-21(27(15)13-17-8-11-28-14-17)26-9-6-16(7-10-26)2-3-18-4-5-19(22)12-20(18)23/h4-5,12,16-17H,2-3,6-11,13-14H2,1H3. The maximum Gasteiger partial charge on any atom is 0.227 e. The van der Waals surface area contributed by atoms with Gasteiger partial charge in [0.15, 0.2) is 0 Å². The Labute approximate surface area is 164 Å². The zero-order valence-corrected chi connectivity index (χ0v) is 16.4. The number of rotatable bonds is 6. The average molecular weight is 390 g/mol. The molecular formula is C21H28F2N4O. The molecule has 5 nitrogen and oxygen atoms in total. The van der Waals surface area contributed by atoms with Crippen LogP contribution in [0.15, 0.2) is 18.2 Å². The number of benzene rings is 1. The Morgan fingerprint density at radius 3 is 2.64 bits per heavy atom. The molecule has 2 saturated heterocycles. The van der Waals surface area contributed by atoms with E-state index in [0.29, 0.717) is 23.8 Å². The van der Waals surface area contributed by atoms with Crippen molar-refractivity contribution in [3.8, 4) is 0 Å². The summed E-state index contributed by atoms with van der Waals surface area (Å²) < 4.78 is 34.6. The van der Waals surface area contributed by atoms with Crippen molar-refractivity contribution in [1.82, 2.24) is 14.8 Å². The summed E-state index contributed by atoms with van der Waals surface area (Å²) in [5.41, 5.74) is 0.609. The predicted molar refractivity (Wildman–Crippen MR) is 103 cm³/mol. The monoisotopic (exact) mass is 390 g/mol. The fourth-order valence-electron chi connectivity index (χ4n) is 4.31. The van der Waals surface area contributed by atoms with Crippen LogP contribution >= 0.6 is 0 Å². The molecule has 0 N–H and O–H groups in total. The predicted octanol–water partition coefficient (Wildman–Crippen LogP) is 3.75. The van der Waals surface area contributed by atoms with Crippen LogP contribution in [-0.2, 0) is 17.7 Å². The third-order valence-electron chi connectivity index (χ3n) is 6.12. The Bertz CT molecular complexity index is 796. The van der Waals surface area contributed by atoms with Gasteiger partial charge < -0.3 is 9.64 Å². The number of nitrogens with zero attached hydrogens (tertiary/aromatic N) is 4. The van der Waals surface area contributed by atoms with E-state index in [0.717, 1.165) is 76.4 Å². The van der Waals surface area contributed by atoms with Gasteiger partial charge in [0.05, 0.1) is 6.61 Å². The molecule has 0 aliphatic carbocycles. The van der Waals surface area contributed by atoms with Crippen molar-refractivity contribution in [2.24, 2.45) is 11.8 Å². The van der Waals surface area contributed by atoms with Crippen LogP contribution in [0.25, 0.3) is 0 Å². The number of hydrogen-bond donors (Lipinski definition) is 0. The maximum atomic E-state index is 13.8. The number of halogens is 2. The largest absolute Gasteiger partial charge is 0.381 e. The lowest BCUT2D eigenvalue weighted by Crippen LogP contribution is -2.36. The van der Waals surface area contributed by atoms with Crippen molar-refractivity contribution in [2.45, 2.75) is 45.6 Å². The molecule has 0 spiro atoms. The second kappa shape index (κ2) is 8.55. The van der Waals surface area contributed by atoms with Gasteiger partial charge in [-0.3, -0.25) is 4.57 Å². The first-order valence-electron chi connectivity index (χ1n) is 10.3. The molecule has 1 aromatic heterocycles. The van der Waals surface area contributed by atoms with Gasteiger partial charge in [-0.1, -0.05) is 6.07 Å². The molecule has 2 aliphatic heterocycles. The lowest BCUT2D eigenvalue weighted by Gasteiger charge is -2.33. The van der Waals surface area contributed by atoms with Gasteiger partial charge in [-0.25, -0.2) is 8.78 Å². The molecule has 28 heavy (non-hydrogen) atoms. The first-order chi connectivity index (χ1) is 13.6. The molecule has 0 bridgehead atoms.